The topological polar surface area (TPSA) is 68.0 Å². The van der Waals surface area contributed by atoms with Crippen molar-refractivity contribution in [2.75, 3.05) is 6.54 Å². The third kappa shape index (κ3) is 4.66. The minimum atomic E-state index is -0.0285. The van der Waals surface area contributed by atoms with E-state index in [1.165, 1.54) is 0 Å². The molecule has 7 heteroatoms. The number of carbonyl (C=O) groups is 1. The van der Waals surface area contributed by atoms with E-state index in [-0.39, 0.29) is 5.91 Å². The maximum absolute atomic E-state index is 11.9. The van der Waals surface area contributed by atoms with Crippen LogP contribution in [0, 0.1) is 0 Å². The molecule has 0 radical (unpaired) electrons. The van der Waals surface area contributed by atoms with Gasteiger partial charge in [0, 0.05) is 35.4 Å². The van der Waals surface area contributed by atoms with Gasteiger partial charge in [-0.2, -0.15) is 11.3 Å². The molecule has 0 atom stereocenters. The summed E-state index contributed by atoms with van der Waals surface area (Å²) in [5, 5.41) is 15.5. The van der Waals surface area contributed by atoms with E-state index in [2.05, 4.69) is 15.5 Å². The Labute approximate surface area is 148 Å². The zero-order valence-corrected chi connectivity index (χ0v) is 14.4. The summed E-state index contributed by atoms with van der Waals surface area (Å²) < 4.78 is 5.56. The van der Waals surface area contributed by atoms with Gasteiger partial charge in [-0.15, -0.1) is 10.2 Å². The van der Waals surface area contributed by atoms with E-state index < -0.39 is 0 Å². The van der Waals surface area contributed by atoms with Gasteiger partial charge in [-0.3, -0.25) is 4.79 Å². The first-order valence-electron chi connectivity index (χ1n) is 7.57. The molecule has 0 saturated heterocycles. The summed E-state index contributed by atoms with van der Waals surface area (Å²) in [7, 11) is 0. The summed E-state index contributed by atoms with van der Waals surface area (Å²) in [4.78, 5) is 11.9. The molecule has 0 fully saturated rings. The Balaban J connectivity index is 1.40. The molecule has 1 N–H and O–H groups in total. The van der Waals surface area contributed by atoms with Crippen molar-refractivity contribution in [1.29, 1.82) is 0 Å². The average molecular weight is 362 g/mol. The van der Waals surface area contributed by atoms with Gasteiger partial charge >= 0.3 is 0 Å². The molecule has 124 valence electrons. The second-order valence-corrected chi connectivity index (χ2v) is 6.46. The van der Waals surface area contributed by atoms with Crippen LogP contribution in [0.4, 0.5) is 0 Å². The normalized spacial score (nSPS) is 10.7. The van der Waals surface area contributed by atoms with Gasteiger partial charge in [0.1, 0.15) is 0 Å². The molecule has 0 aliphatic carbocycles. The number of carbonyl (C=O) groups excluding carboxylic acids is 1. The van der Waals surface area contributed by atoms with Crippen molar-refractivity contribution < 1.29 is 9.21 Å². The van der Waals surface area contributed by atoms with Crippen molar-refractivity contribution in [1.82, 2.24) is 15.5 Å². The van der Waals surface area contributed by atoms with Gasteiger partial charge in [0.15, 0.2) is 0 Å². The minimum absolute atomic E-state index is 0.0285. The summed E-state index contributed by atoms with van der Waals surface area (Å²) in [6.45, 7) is 0.588. The van der Waals surface area contributed by atoms with Crippen molar-refractivity contribution in [2.24, 2.45) is 0 Å². The van der Waals surface area contributed by atoms with Crippen LogP contribution in [0.2, 0.25) is 5.02 Å². The monoisotopic (exact) mass is 361 g/mol. The highest BCUT2D eigenvalue weighted by Crippen LogP contribution is 2.20. The lowest BCUT2D eigenvalue weighted by Crippen LogP contribution is -2.25. The van der Waals surface area contributed by atoms with E-state index in [9.17, 15) is 4.79 Å². The molecular weight excluding hydrogens is 346 g/mol. The molecule has 2 heterocycles. The zero-order chi connectivity index (χ0) is 16.8. The Kier molecular flexibility index (Phi) is 5.61. The third-order valence-electron chi connectivity index (χ3n) is 3.45. The molecule has 0 bridgehead atoms. The minimum Gasteiger partial charge on any atom is -0.421 e. The Morgan fingerprint density at radius 2 is 2.00 bits per heavy atom. The number of hydrogen-bond donors (Lipinski definition) is 1. The molecule has 3 aromatic rings. The van der Waals surface area contributed by atoms with Crippen LogP contribution in [0.15, 0.2) is 45.5 Å². The van der Waals surface area contributed by atoms with Crippen molar-refractivity contribution in [2.45, 2.75) is 19.3 Å². The van der Waals surface area contributed by atoms with Crippen LogP contribution in [0.25, 0.3) is 11.5 Å². The van der Waals surface area contributed by atoms with E-state index in [0.717, 1.165) is 17.5 Å². The van der Waals surface area contributed by atoms with Crippen molar-refractivity contribution in [3.63, 3.8) is 0 Å². The van der Waals surface area contributed by atoms with Gasteiger partial charge in [-0.25, -0.2) is 0 Å². The fourth-order valence-electron chi connectivity index (χ4n) is 2.16. The Hall–Kier alpha value is -2.18. The fraction of sp³-hybridized carbons (Fsp3) is 0.235. The standard InChI is InChI=1S/C17H16ClN3O2S/c18-14-3-1-12(2-4-14)7-9-19-15(22)5-6-16-20-21-17(23-16)13-8-10-24-11-13/h1-4,8,10-11H,5-7,9H2,(H,19,22). The molecule has 1 aromatic carbocycles. The lowest BCUT2D eigenvalue weighted by Gasteiger charge is -2.04. The van der Waals surface area contributed by atoms with Gasteiger partial charge in [0.25, 0.3) is 0 Å². The van der Waals surface area contributed by atoms with Crippen LogP contribution in [-0.4, -0.2) is 22.6 Å². The molecule has 1 amide bonds. The highest BCUT2D eigenvalue weighted by molar-refractivity contribution is 7.08. The number of hydrogen-bond acceptors (Lipinski definition) is 5. The SMILES string of the molecule is O=C(CCc1nnc(-c2ccsc2)o1)NCCc1ccc(Cl)cc1. The summed E-state index contributed by atoms with van der Waals surface area (Å²) in [6.07, 6.45) is 1.53. The van der Waals surface area contributed by atoms with Crippen LogP contribution < -0.4 is 5.32 Å². The summed E-state index contributed by atoms with van der Waals surface area (Å²) in [5.74, 6) is 0.942. The van der Waals surface area contributed by atoms with Gasteiger partial charge in [0.05, 0.1) is 0 Å². The predicted molar refractivity (Wildman–Crippen MR) is 94.1 cm³/mol. The number of aryl methyl sites for hydroxylation is 1. The third-order valence-corrected chi connectivity index (χ3v) is 4.39. The number of aromatic nitrogens is 2. The van der Waals surface area contributed by atoms with E-state index >= 15 is 0 Å². The molecule has 24 heavy (non-hydrogen) atoms. The lowest BCUT2D eigenvalue weighted by atomic mass is 10.1. The fourth-order valence-corrected chi connectivity index (χ4v) is 2.92. The summed E-state index contributed by atoms with van der Waals surface area (Å²) >= 11 is 7.41. The number of benzene rings is 1. The van der Waals surface area contributed by atoms with Crippen LogP contribution >= 0.6 is 22.9 Å². The Morgan fingerprint density at radius 3 is 2.75 bits per heavy atom. The number of nitrogens with one attached hydrogen (secondary N) is 1. The van der Waals surface area contributed by atoms with Gasteiger partial charge < -0.3 is 9.73 Å². The lowest BCUT2D eigenvalue weighted by molar-refractivity contribution is -0.121. The Morgan fingerprint density at radius 1 is 1.17 bits per heavy atom. The highest BCUT2D eigenvalue weighted by atomic mass is 35.5. The molecule has 0 unspecified atom stereocenters. The van der Waals surface area contributed by atoms with Crippen molar-refractivity contribution >= 4 is 28.8 Å². The predicted octanol–water partition coefficient (Wildman–Crippen LogP) is 3.74. The molecule has 2 aromatic heterocycles. The number of thiophene rings is 1. The second kappa shape index (κ2) is 8.08. The Bertz CT molecular complexity index is 785. The number of rotatable bonds is 7. The molecule has 0 aliphatic heterocycles. The zero-order valence-electron chi connectivity index (χ0n) is 12.9. The number of amides is 1. The van der Waals surface area contributed by atoms with Crippen molar-refractivity contribution in [3.8, 4) is 11.5 Å². The molecular formula is C17H16ClN3O2S. The van der Waals surface area contributed by atoms with E-state index in [4.69, 9.17) is 16.0 Å². The van der Waals surface area contributed by atoms with Crippen LogP contribution in [0.3, 0.4) is 0 Å². The summed E-state index contributed by atoms with van der Waals surface area (Å²) in [5.41, 5.74) is 2.04. The number of nitrogens with zero attached hydrogens (tertiary/aromatic N) is 2. The first kappa shape index (κ1) is 16.7. The average Bonchev–Trinajstić information content (AvgIpc) is 3.26. The molecule has 3 rings (SSSR count). The first-order valence-corrected chi connectivity index (χ1v) is 8.89. The second-order valence-electron chi connectivity index (χ2n) is 5.24. The van der Waals surface area contributed by atoms with E-state index in [0.29, 0.717) is 36.2 Å². The number of halogens is 1. The van der Waals surface area contributed by atoms with E-state index in [1.807, 2.05) is 41.1 Å². The largest absolute Gasteiger partial charge is 0.421 e. The maximum Gasteiger partial charge on any atom is 0.248 e. The molecule has 0 spiro atoms. The molecule has 0 saturated carbocycles. The highest BCUT2D eigenvalue weighted by Gasteiger charge is 2.10. The maximum atomic E-state index is 11.9. The van der Waals surface area contributed by atoms with Gasteiger partial charge in [-0.05, 0) is 35.6 Å². The first-order chi connectivity index (χ1) is 11.7. The van der Waals surface area contributed by atoms with Gasteiger partial charge in [0.2, 0.25) is 17.7 Å². The van der Waals surface area contributed by atoms with Crippen LogP contribution in [0.1, 0.15) is 17.9 Å². The quantitative estimate of drug-likeness (QED) is 0.696. The summed E-state index contributed by atoms with van der Waals surface area (Å²) in [6, 6.07) is 9.53. The van der Waals surface area contributed by atoms with Crippen molar-refractivity contribution in [3.05, 3.63) is 57.6 Å². The molecule has 5 nitrogen and oxygen atoms in total. The van der Waals surface area contributed by atoms with Crippen LogP contribution in [-0.2, 0) is 17.6 Å². The smallest absolute Gasteiger partial charge is 0.248 e. The van der Waals surface area contributed by atoms with Crippen LogP contribution in [0.5, 0.6) is 0 Å². The molecule has 0 aliphatic rings. The van der Waals surface area contributed by atoms with E-state index in [1.54, 1.807) is 11.3 Å². The van der Waals surface area contributed by atoms with Gasteiger partial charge in [-0.1, -0.05) is 23.7 Å².